The zero-order chi connectivity index (χ0) is 10.3. The van der Waals surface area contributed by atoms with Crippen LogP contribution in [0, 0.1) is 0 Å². The fourth-order valence-corrected chi connectivity index (χ4v) is 2.24. The Balaban J connectivity index is 2.26. The molecule has 0 aliphatic carbocycles. The van der Waals surface area contributed by atoms with Crippen LogP contribution in [-0.2, 0) is 5.54 Å². The van der Waals surface area contributed by atoms with Crippen LogP contribution in [0.5, 0.6) is 0 Å². The second-order valence-corrected chi connectivity index (χ2v) is 4.29. The van der Waals surface area contributed by atoms with E-state index in [-0.39, 0.29) is 5.54 Å². The number of nitrogens with two attached hydrogens (primary N) is 1. The maximum absolute atomic E-state index is 6.33. The average Bonchev–Trinajstić information content (AvgIpc) is 2.25. The van der Waals surface area contributed by atoms with Gasteiger partial charge < -0.3 is 11.1 Å². The first-order valence-electron chi connectivity index (χ1n) is 5.27. The summed E-state index contributed by atoms with van der Waals surface area (Å²) in [5.41, 5.74) is 7.43. The van der Waals surface area contributed by atoms with E-state index in [0.717, 1.165) is 13.1 Å². The molecule has 76 valence electrons. The van der Waals surface area contributed by atoms with Crippen molar-refractivity contribution in [2.45, 2.75) is 5.54 Å². The summed E-state index contributed by atoms with van der Waals surface area (Å²) in [5.74, 6) is 0. The number of benzene rings is 2. The molecule has 0 spiro atoms. The van der Waals surface area contributed by atoms with E-state index < -0.39 is 0 Å². The van der Waals surface area contributed by atoms with Gasteiger partial charge in [-0.3, -0.25) is 0 Å². The summed E-state index contributed by atoms with van der Waals surface area (Å²) < 4.78 is 0. The van der Waals surface area contributed by atoms with Gasteiger partial charge >= 0.3 is 0 Å². The minimum Gasteiger partial charge on any atom is -0.319 e. The maximum Gasteiger partial charge on any atom is 0.0668 e. The summed E-state index contributed by atoms with van der Waals surface area (Å²) in [6.45, 7) is 1.75. The number of fused-ring (bicyclic) bond motifs is 1. The molecule has 2 aromatic carbocycles. The minimum absolute atomic E-state index is 0.166. The second-order valence-electron chi connectivity index (χ2n) is 4.29. The van der Waals surface area contributed by atoms with E-state index in [0.29, 0.717) is 0 Å². The van der Waals surface area contributed by atoms with Gasteiger partial charge in [0, 0.05) is 13.1 Å². The van der Waals surface area contributed by atoms with Crippen molar-refractivity contribution >= 4 is 10.8 Å². The Kier molecular flexibility index (Phi) is 1.81. The average molecular weight is 198 g/mol. The van der Waals surface area contributed by atoms with Gasteiger partial charge in [-0.05, 0) is 16.3 Å². The lowest BCUT2D eigenvalue weighted by atomic mass is 9.82. The molecule has 1 heterocycles. The molecule has 0 aromatic heterocycles. The topological polar surface area (TPSA) is 38.0 Å². The van der Waals surface area contributed by atoms with Gasteiger partial charge in [0.05, 0.1) is 5.54 Å². The van der Waals surface area contributed by atoms with Gasteiger partial charge in [-0.15, -0.1) is 0 Å². The molecule has 3 rings (SSSR count). The van der Waals surface area contributed by atoms with Crippen LogP contribution in [0.15, 0.2) is 42.5 Å². The molecule has 0 radical (unpaired) electrons. The Morgan fingerprint density at radius 1 is 1.00 bits per heavy atom. The monoisotopic (exact) mass is 198 g/mol. The van der Waals surface area contributed by atoms with Crippen LogP contribution < -0.4 is 11.1 Å². The highest BCUT2D eigenvalue weighted by molar-refractivity contribution is 5.86. The quantitative estimate of drug-likeness (QED) is 0.730. The standard InChI is InChI=1S/C13H14N2/c14-13(8-15-9-13)12-7-3-5-10-4-1-2-6-11(10)12/h1-7,15H,8-9,14H2. The minimum atomic E-state index is -0.166. The normalized spacial score (nSPS) is 18.7. The van der Waals surface area contributed by atoms with Crippen molar-refractivity contribution in [3.8, 4) is 0 Å². The zero-order valence-electron chi connectivity index (χ0n) is 8.53. The first-order valence-corrected chi connectivity index (χ1v) is 5.27. The molecule has 2 nitrogen and oxygen atoms in total. The van der Waals surface area contributed by atoms with Gasteiger partial charge in [0.15, 0.2) is 0 Å². The second kappa shape index (κ2) is 3.05. The first-order chi connectivity index (χ1) is 7.30. The largest absolute Gasteiger partial charge is 0.319 e. The Morgan fingerprint density at radius 2 is 1.73 bits per heavy atom. The lowest BCUT2D eigenvalue weighted by Crippen LogP contribution is -2.62. The number of hydrogen-bond acceptors (Lipinski definition) is 2. The number of rotatable bonds is 1. The highest BCUT2D eigenvalue weighted by Gasteiger charge is 2.35. The summed E-state index contributed by atoms with van der Waals surface area (Å²) in [6, 6.07) is 14.8. The molecule has 15 heavy (non-hydrogen) atoms. The van der Waals surface area contributed by atoms with Crippen molar-refractivity contribution in [1.29, 1.82) is 0 Å². The Bertz CT molecular complexity index is 495. The molecule has 0 amide bonds. The molecule has 1 aliphatic rings. The third kappa shape index (κ3) is 1.26. The van der Waals surface area contributed by atoms with Crippen LogP contribution in [0.4, 0.5) is 0 Å². The Hall–Kier alpha value is -1.38. The predicted octanol–water partition coefficient (Wildman–Crippen LogP) is 1.60. The van der Waals surface area contributed by atoms with Crippen LogP contribution in [0.2, 0.25) is 0 Å². The summed E-state index contributed by atoms with van der Waals surface area (Å²) in [5, 5.41) is 5.79. The van der Waals surface area contributed by atoms with E-state index in [1.807, 2.05) is 0 Å². The van der Waals surface area contributed by atoms with Crippen LogP contribution in [0.1, 0.15) is 5.56 Å². The molecule has 1 aliphatic heterocycles. The number of nitrogens with one attached hydrogen (secondary N) is 1. The van der Waals surface area contributed by atoms with E-state index in [4.69, 9.17) is 5.73 Å². The third-order valence-corrected chi connectivity index (χ3v) is 3.21. The summed E-state index contributed by atoms with van der Waals surface area (Å²) in [7, 11) is 0. The van der Waals surface area contributed by atoms with Gasteiger partial charge in [0.2, 0.25) is 0 Å². The molecule has 2 aromatic rings. The van der Waals surface area contributed by atoms with Crippen molar-refractivity contribution in [2.24, 2.45) is 5.73 Å². The zero-order valence-corrected chi connectivity index (χ0v) is 8.53. The molecular formula is C13H14N2. The Morgan fingerprint density at radius 3 is 2.47 bits per heavy atom. The van der Waals surface area contributed by atoms with Crippen LogP contribution in [0.3, 0.4) is 0 Å². The van der Waals surface area contributed by atoms with Gasteiger partial charge in [0.1, 0.15) is 0 Å². The Labute approximate surface area is 89.1 Å². The molecule has 0 saturated carbocycles. The summed E-state index contributed by atoms with van der Waals surface area (Å²) in [4.78, 5) is 0. The van der Waals surface area contributed by atoms with Crippen molar-refractivity contribution in [1.82, 2.24) is 5.32 Å². The van der Waals surface area contributed by atoms with E-state index >= 15 is 0 Å². The van der Waals surface area contributed by atoms with Crippen LogP contribution in [-0.4, -0.2) is 13.1 Å². The van der Waals surface area contributed by atoms with E-state index in [1.54, 1.807) is 0 Å². The molecule has 0 bridgehead atoms. The van der Waals surface area contributed by atoms with Gasteiger partial charge in [0.25, 0.3) is 0 Å². The SMILES string of the molecule is NC1(c2cccc3ccccc23)CNC1. The fourth-order valence-electron chi connectivity index (χ4n) is 2.24. The smallest absolute Gasteiger partial charge is 0.0668 e. The van der Waals surface area contributed by atoms with E-state index in [9.17, 15) is 0 Å². The highest BCUT2D eigenvalue weighted by Crippen LogP contribution is 2.29. The highest BCUT2D eigenvalue weighted by atomic mass is 15.1. The lowest BCUT2D eigenvalue weighted by molar-refractivity contribution is 0.289. The molecule has 0 atom stereocenters. The van der Waals surface area contributed by atoms with Crippen LogP contribution in [0.25, 0.3) is 10.8 Å². The van der Waals surface area contributed by atoms with Gasteiger partial charge in [-0.2, -0.15) is 0 Å². The molecular weight excluding hydrogens is 184 g/mol. The van der Waals surface area contributed by atoms with Crippen molar-refractivity contribution < 1.29 is 0 Å². The van der Waals surface area contributed by atoms with Gasteiger partial charge in [-0.1, -0.05) is 42.5 Å². The van der Waals surface area contributed by atoms with Crippen molar-refractivity contribution in [2.75, 3.05) is 13.1 Å². The van der Waals surface area contributed by atoms with Crippen molar-refractivity contribution in [3.05, 3.63) is 48.0 Å². The van der Waals surface area contributed by atoms with Gasteiger partial charge in [-0.25, -0.2) is 0 Å². The van der Waals surface area contributed by atoms with E-state index in [1.165, 1.54) is 16.3 Å². The molecule has 1 fully saturated rings. The summed E-state index contributed by atoms with van der Waals surface area (Å²) >= 11 is 0. The molecule has 2 heteroatoms. The molecule has 1 saturated heterocycles. The maximum atomic E-state index is 6.33. The predicted molar refractivity (Wildman–Crippen MR) is 62.7 cm³/mol. The van der Waals surface area contributed by atoms with Crippen molar-refractivity contribution in [3.63, 3.8) is 0 Å². The molecule has 0 unspecified atom stereocenters. The third-order valence-electron chi connectivity index (χ3n) is 3.21. The number of hydrogen-bond donors (Lipinski definition) is 2. The lowest BCUT2D eigenvalue weighted by Gasteiger charge is -2.40. The first kappa shape index (κ1) is 8.89. The molecule has 3 N–H and O–H groups in total. The fraction of sp³-hybridized carbons (Fsp3) is 0.231. The van der Waals surface area contributed by atoms with Crippen LogP contribution >= 0.6 is 0 Å². The summed E-state index contributed by atoms with van der Waals surface area (Å²) in [6.07, 6.45) is 0. The van der Waals surface area contributed by atoms with E-state index in [2.05, 4.69) is 47.8 Å².